The fourth-order valence-corrected chi connectivity index (χ4v) is 3.92. The number of ether oxygens (including phenoxy) is 1. The first-order chi connectivity index (χ1) is 15.1. The third kappa shape index (κ3) is 3.84. The van der Waals surface area contributed by atoms with Crippen LogP contribution in [0.2, 0.25) is 0 Å². The first kappa shape index (κ1) is 19.5. The van der Waals surface area contributed by atoms with Gasteiger partial charge in [-0.25, -0.2) is 4.39 Å². The molecule has 7 heteroatoms. The van der Waals surface area contributed by atoms with Crippen LogP contribution in [0.15, 0.2) is 61.1 Å². The molecule has 3 heterocycles. The maximum absolute atomic E-state index is 14.7. The van der Waals surface area contributed by atoms with E-state index in [2.05, 4.69) is 10.4 Å². The largest absolute Gasteiger partial charge is 0.381 e. The standard InChI is InChI=1S/C24H23FN4O2/c1-28-12-19(10-27-28)18-7-5-16(6-8-18)11-29-13-20(23-21(25)3-2-4-22(23)29)24(30)26-9-17-14-31-15-17/h2-8,10,12-13,17H,9,11,14-15H2,1H3,(H,26,30). The second-order valence-corrected chi connectivity index (χ2v) is 8.02. The van der Waals surface area contributed by atoms with Gasteiger partial charge >= 0.3 is 0 Å². The van der Waals surface area contributed by atoms with Gasteiger partial charge in [0.1, 0.15) is 5.82 Å². The topological polar surface area (TPSA) is 61.1 Å². The number of halogens is 1. The lowest BCUT2D eigenvalue weighted by Crippen LogP contribution is -2.39. The lowest BCUT2D eigenvalue weighted by Gasteiger charge is -2.25. The number of carbonyl (C=O) groups is 1. The molecule has 0 bridgehead atoms. The van der Waals surface area contributed by atoms with Gasteiger partial charge in [-0.05, 0) is 23.3 Å². The Kier molecular flexibility index (Phi) is 5.03. The number of nitrogens with zero attached hydrogens (tertiary/aromatic N) is 3. The third-order valence-corrected chi connectivity index (χ3v) is 5.70. The van der Waals surface area contributed by atoms with Crippen molar-refractivity contribution in [2.24, 2.45) is 13.0 Å². The van der Waals surface area contributed by atoms with Crippen LogP contribution < -0.4 is 5.32 Å². The Morgan fingerprint density at radius 3 is 2.65 bits per heavy atom. The van der Waals surface area contributed by atoms with Gasteiger partial charge in [-0.2, -0.15) is 5.10 Å². The summed E-state index contributed by atoms with van der Waals surface area (Å²) in [5.74, 6) is -0.312. The second kappa shape index (κ2) is 8.00. The normalized spacial score (nSPS) is 14.0. The predicted octanol–water partition coefficient (Wildman–Crippen LogP) is 3.61. The number of benzene rings is 2. The molecule has 1 amide bonds. The van der Waals surface area contributed by atoms with Crippen LogP contribution in [0, 0.1) is 11.7 Å². The summed E-state index contributed by atoms with van der Waals surface area (Å²) in [7, 11) is 1.89. The number of amides is 1. The van der Waals surface area contributed by atoms with E-state index in [1.54, 1.807) is 16.9 Å². The van der Waals surface area contributed by atoms with Gasteiger partial charge in [0.15, 0.2) is 0 Å². The fraction of sp³-hybridized carbons (Fsp3) is 0.250. The summed E-state index contributed by atoms with van der Waals surface area (Å²) in [6.45, 7) is 2.39. The molecule has 4 aromatic rings. The molecule has 0 atom stereocenters. The highest BCUT2D eigenvalue weighted by molar-refractivity contribution is 6.07. The Bertz CT molecular complexity index is 1240. The van der Waals surface area contributed by atoms with Crippen molar-refractivity contribution >= 4 is 16.8 Å². The number of rotatable bonds is 6. The molecular weight excluding hydrogens is 395 g/mol. The molecule has 31 heavy (non-hydrogen) atoms. The SMILES string of the molecule is Cn1cc(-c2ccc(Cn3cc(C(=O)NCC4COC4)c4c(F)cccc43)cc2)cn1. The average molecular weight is 418 g/mol. The summed E-state index contributed by atoms with van der Waals surface area (Å²) in [4.78, 5) is 12.8. The third-order valence-electron chi connectivity index (χ3n) is 5.70. The van der Waals surface area contributed by atoms with E-state index in [0.717, 1.165) is 16.7 Å². The molecule has 0 aliphatic carbocycles. The minimum atomic E-state index is -0.389. The minimum Gasteiger partial charge on any atom is -0.381 e. The van der Waals surface area contributed by atoms with Crippen molar-refractivity contribution in [3.05, 3.63) is 78.0 Å². The van der Waals surface area contributed by atoms with Crippen LogP contribution in [0.4, 0.5) is 4.39 Å². The molecular formula is C24H23FN4O2. The average Bonchev–Trinajstić information content (AvgIpc) is 3.32. The van der Waals surface area contributed by atoms with Crippen LogP contribution in [-0.2, 0) is 18.3 Å². The maximum Gasteiger partial charge on any atom is 0.253 e. The van der Waals surface area contributed by atoms with Gasteiger partial charge in [-0.1, -0.05) is 30.3 Å². The van der Waals surface area contributed by atoms with E-state index in [1.165, 1.54) is 6.07 Å². The van der Waals surface area contributed by atoms with E-state index < -0.39 is 0 Å². The van der Waals surface area contributed by atoms with E-state index in [1.807, 2.05) is 54.3 Å². The molecule has 1 saturated heterocycles. The highest BCUT2D eigenvalue weighted by Gasteiger charge is 2.22. The first-order valence-corrected chi connectivity index (χ1v) is 10.3. The second-order valence-electron chi connectivity index (χ2n) is 8.02. The highest BCUT2D eigenvalue weighted by Crippen LogP contribution is 2.26. The predicted molar refractivity (Wildman–Crippen MR) is 116 cm³/mol. The monoisotopic (exact) mass is 418 g/mol. The summed E-state index contributed by atoms with van der Waals surface area (Å²) in [6.07, 6.45) is 5.55. The van der Waals surface area contributed by atoms with Crippen LogP contribution in [0.1, 0.15) is 15.9 Å². The summed E-state index contributed by atoms with van der Waals surface area (Å²) in [5, 5.41) is 7.49. The fourth-order valence-electron chi connectivity index (χ4n) is 3.92. The molecule has 0 radical (unpaired) electrons. The number of hydrogen-bond acceptors (Lipinski definition) is 3. The van der Waals surface area contributed by atoms with Crippen LogP contribution in [-0.4, -0.2) is 40.0 Å². The molecule has 1 fully saturated rings. The number of aromatic nitrogens is 3. The Morgan fingerprint density at radius 1 is 1.16 bits per heavy atom. The zero-order chi connectivity index (χ0) is 21.4. The van der Waals surface area contributed by atoms with Crippen molar-refractivity contribution in [2.75, 3.05) is 19.8 Å². The zero-order valence-electron chi connectivity index (χ0n) is 17.2. The number of hydrogen-bond donors (Lipinski definition) is 1. The van der Waals surface area contributed by atoms with Crippen molar-refractivity contribution < 1.29 is 13.9 Å². The van der Waals surface area contributed by atoms with Crippen LogP contribution >= 0.6 is 0 Å². The molecule has 1 aliphatic rings. The number of nitrogens with one attached hydrogen (secondary N) is 1. The number of fused-ring (bicyclic) bond motifs is 1. The zero-order valence-corrected chi connectivity index (χ0v) is 17.2. The summed E-state index contributed by atoms with van der Waals surface area (Å²) in [5.41, 5.74) is 4.26. The van der Waals surface area contributed by atoms with E-state index in [-0.39, 0.29) is 11.7 Å². The van der Waals surface area contributed by atoms with Crippen LogP contribution in [0.3, 0.4) is 0 Å². The van der Waals surface area contributed by atoms with Gasteiger partial charge in [0.2, 0.25) is 0 Å². The minimum absolute atomic E-state index is 0.257. The van der Waals surface area contributed by atoms with Crippen molar-refractivity contribution in [1.29, 1.82) is 0 Å². The number of aryl methyl sites for hydroxylation is 1. The summed E-state index contributed by atoms with van der Waals surface area (Å²) in [6, 6.07) is 13.1. The molecule has 1 aliphatic heterocycles. The van der Waals surface area contributed by atoms with Crippen molar-refractivity contribution in [2.45, 2.75) is 6.54 Å². The van der Waals surface area contributed by atoms with Gasteiger partial charge in [-0.3, -0.25) is 9.48 Å². The molecule has 2 aromatic heterocycles. The Hall–Kier alpha value is -3.45. The molecule has 5 rings (SSSR count). The van der Waals surface area contributed by atoms with Gasteiger partial charge in [0, 0.05) is 49.4 Å². The quantitative estimate of drug-likeness (QED) is 0.520. The smallest absolute Gasteiger partial charge is 0.253 e. The van der Waals surface area contributed by atoms with Gasteiger partial charge in [0.25, 0.3) is 5.91 Å². The van der Waals surface area contributed by atoms with Crippen LogP contribution in [0.5, 0.6) is 0 Å². The van der Waals surface area contributed by atoms with E-state index in [4.69, 9.17) is 4.74 Å². The molecule has 158 valence electrons. The van der Waals surface area contributed by atoms with Gasteiger partial charge in [-0.15, -0.1) is 0 Å². The molecule has 0 unspecified atom stereocenters. The highest BCUT2D eigenvalue weighted by atomic mass is 19.1. The van der Waals surface area contributed by atoms with E-state index in [0.29, 0.717) is 48.7 Å². The lowest BCUT2D eigenvalue weighted by molar-refractivity contribution is -0.0298. The first-order valence-electron chi connectivity index (χ1n) is 10.3. The van der Waals surface area contributed by atoms with Crippen molar-refractivity contribution in [1.82, 2.24) is 19.7 Å². The molecule has 2 aromatic carbocycles. The molecule has 6 nitrogen and oxygen atoms in total. The van der Waals surface area contributed by atoms with Gasteiger partial charge < -0.3 is 14.6 Å². The van der Waals surface area contributed by atoms with Crippen molar-refractivity contribution in [3.63, 3.8) is 0 Å². The Balaban J connectivity index is 1.41. The maximum atomic E-state index is 14.7. The Morgan fingerprint density at radius 2 is 1.97 bits per heavy atom. The summed E-state index contributed by atoms with van der Waals surface area (Å²) < 4.78 is 23.5. The van der Waals surface area contributed by atoms with Crippen LogP contribution in [0.25, 0.3) is 22.0 Å². The number of carbonyl (C=O) groups excluding carboxylic acids is 1. The lowest BCUT2D eigenvalue weighted by atomic mass is 10.1. The Labute approximate surface area is 179 Å². The molecule has 0 spiro atoms. The molecule has 0 saturated carbocycles. The van der Waals surface area contributed by atoms with E-state index in [9.17, 15) is 9.18 Å². The van der Waals surface area contributed by atoms with E-state index >= 15 is 0 Å². The summed E-state index contributed by atoms with van der Waals surface area (Å²) >= 11 is 0. The van der Waals surface area contributed by atoms with Gasteiger partial charge in [0.05, 0.1) is 30.5 Å². The van der Waals surface area contributed by atoms with Crippen molar-refractivity contribution in [3.8, 4) is 11.1 Å². The molecule has 1 N–H and O–H groups in total.